The van der Waals surface area contributed by atoms with Crippen LogP contribution in [-0.4, -0.2) is 37.7 Å². The van der Waals surface area contributed by atoms with Gasteiger partial charge in [0.05, 0.1) is 18.3 Å². The van der Waals surface area contributed by atoms with Crippen LogP contribution in [0, 0.1) is 12.3 Å². The van der Waals surface area contributed by atoms with E-state index in [4.69, 9.17) is 6.42 Å². The Balaban J connectivity index is 1.57. The molecule has 3 rings (SSSR count). The molecule has 1 aromatic heterocycles. The van der Waals surface area contributed by atoms with Crippen LogP contribution in [-0.2, 0) is 10.4 Å². The van der Waals surface area contributed by atoms with E-state index in [1.54, 1.807) is 24.7 Å². The van der Waals surface area contributed by atoms with Crippen molar-refractivity contribution in [3.8, 4) is 12.3 Å². The van der Waals surface area contributed by atoms with Crippen molar-refractivity contribution in [2.75, 3.05) is 0 Å². The largest absolute Gasteiger partial charge is 0.384 e. The minimum absolute atomic E-state index is 0.00658. The second kappa shape index (κ2) is 7.77. The highest BCUT2D eigenvalue weighted by Crippen LogP contribution is 2.37. The molecule has 0 unspecified atom stereocenters. The number of amides is 1. The molecular formula is C19H28N6O2. The highest BCUT2D eigenvalue weighted by atomic mass is 16.3. The Kier molecular flexibility index (Phi) is 5.61. The second-order valence-electron chi connectivity index (χ2n) is 8.06. The molecule has 27 heavy (non-hydrogen) atoms. The van der Waals surface area contributed by atoms with Crippen LogP contribution in [0.15, 0.2) is 16.4 Å². The van der Waals surface area contributed by atoms with Crippen LogP contribution in [0.25, 0.3) is 0 Å². The molecule has 1 aliphatic carbocycles. The summed E-state index contributed by atoms with van der Waals surface area (Å²) >= 11 is 0. The first-order valence-electron chi connectivity index (χ1n) is 9.65. The van der Waals surface area contributed by atoms with Crippen molar-refractivity contribution in [2.45, 2.75) is 88.6 Å². The summed E-state index contributed by atoms with van der Waals surface area (Å²) in [6, 6.07) is 0.0642. The maximum atomic E-state index is 12.5. The van der Waals surface area contributed by atoms with Gasteiger partial charge in [0.2, 0.25) is 5.91 Å². The summed E-state index contributed by atoms with van der Waals surface area (Å²) in [5.41, 5.74) is -0.927. The van der Waals surface area contributed by atoms with Crippen molar-refractivity contribution in [3.05, 3.63) is 11.9 Å². The van der Waals surface area contributed by atoms with Gasteiger partial charge < -0.3 is 10.4 Å². The van der Waals surface area contributed by atoms with Crippen molar-refractivity contribution in [1.29, 1.82) is 0 Å². The first kappa shape index (κ1) is 19.5. The molecule has 8 nitrogen and oxygen atoms in total. The van der Waals surface area contributed by atoms with Gasteiger partial charge in [-0.15, -0.1) is 17.4 Å². The maximum absolute atomic E-state index is 12.5. The summed E-state index contributed by atoms with van der Waals surface area (Å²) in [4.78, 5) is 12.5. The number of aromatic nitrogens is 3. The zero-order chi connectivity index (χ0) is 19.5. The van der Waals surface area contributed by atoms with Gasteiger partial charge in [-0.25, -0.2) is 4.68 Å². The van der Waals surface area contributed by atoms with E-state index >= 15 is 0 Å². The SMILES string of the molecule is C#CCCC1(CCC(=O)N[C@H]2CCCC[C@H]2n2cc(C(C)(C)O)nn2)N=N1. The molecular weight excluding hydrogens is 344 g/mol. The Hall–Kier alpha value is -2.27. The number of carbonyl (C=O) groups excluding carboxylic acids is 1. The Labute approximate surface area is 159 Å². The third kappa shape index (κ3) is 4.92. The van der Waals surface area contributed by atoms with E-state index in [-0.39, 0.29) is 18.0 Å². The van der Waals surface area contributed by atoms with Crippen LogP contribution in [0.2, 0.25) is 0 Å². The lowest BCUT2D eigenvalue weighted by Crippen LogP contribution is -2.43. The first-order chi connectivity index (χ1) is 12.8. The van der Waals surface area contributed by atoms with Gasteiger partial charge in [0, 0.05) is 25.7 Å². The van der Waals surface area contributed by atoms with Crippen LogP contribution >= 0.6 is 0 Å². The zero-order valence-electron chi connectivity index (χ0n) is 16.1. The van der Waals surface area contributed by atoms with Crippen molar-refractivity contribution in [2.24, 2.45) is 10.2 Å². The average Bonchev–Trinajstić information content (AvgIpc) is 3.21. The lowest BCUT2D eigenvalue weighted by atomic mass is 9.90. The number of rotatable bonds is 8. The highest BCUT2D eigenvalue weighted by molar-refractivity contribution is 5.76. The quantitative estimate of drug-likeness (QED) is 0.684. The minimum atomic E-state index is -1.03. The fraction of sp³-hybridized carbons (Fsp3) is 0.737. The first-order valence-corrected chi connectivity index (χ1v) is 9.65. The average molecular weight is 372 g/mol. The molecule has 2 N–H and O–H groups in total. The normalized spacial score (nSPS) is 23.6. The summed E-state index contributed by atoms with van der Waals surface area (Å²) in [6.07, 6.45) is 13.4. The van der Waals surface area contributed by atoms with E-state index < -0.39 is 11.3 Å². The Morgan fingerprint density at radius 3 is 2.78 bits per heavy atom. The van der Waals surface area contributed by atoms with Gasteiger partial charge in [-0.3, -0.25) is 4.79 Å². The van der Waals surface area contributed by atoms with E-state index in [0.717, 1.165) is 25.7 Å². The van der Waals surface area contributed by atoms with E-state index in [1.807, 2.05) is 0 Å². The molecule has 0 aromatic carbocycles. The van der Waals surface area contributed by atoms with Crippen LogP contribution in [0.1, 0.15) is 76.9 Å². The van der Waals surface area contributed by atoms with Crippen molar-refractivity contribution in [3.63, 3.8) is 0 Å². The van der Waals surface area contributed by atoms with Gasteiger partial charge >= 0.3 is 0 Å². The van der Waals surface area contributed by atoms with E-state index in [9.17, 15) is 9.90 Å². The van der Waals surface area contributed by atoms with Crippen LogP contribution in [0.5, 0.6) is 0 Å². The summed E-state index contributed by atoms with van der Waals surface area (Å²) in [5, 5.41) is 29.7. The van der Waals surface area contributed by atoms with Gasteiger partial charge in [-0.2, -0.15) is 10.2 Å². The molecule has 2 aliphatic rings. The Morgan fingerprint density at radius 1 is 1.41 bits per heavy atom. The number of hydrogen-bond acceptors (Lipinski definition) is 6. The molecule has 0 spiro atoms. The van der Waals surface area contributed by atoms with E-state index in [1.165, 1.54) is 0 Å². The fourth-order valence-electron chi connectivity index (χ4n) is 3.58. The molecule has 146 valence electrons. The smallest absolute Gasteiger partial charge is 0.220 e. The fourth-order valence-corrected chi connectivity index (χ4v) is 3.58. The highest BCUT2D eigenvalue weighted by Gasteiger charge is 2.39. The molecule has 0 radical (unpaired) electrons. The van der Waals surface area contributed by atoms with Crippen molar-refractivity contribution >= 4 is 5.91 Å². The summed E-state index contributed by atoms with van der Waals surface area (Å²) in [6.45, 7) is 3.37. The van der Waals surface area contributed by atoms with Gasteiger partial charge in [0.15, 0.2) is 5.66 Å². The number of aliphatic hydroxyl groups is 1. The Morgan fingerprint density at radius 2 is 2.15 bits per heavy atom. The molecule has 1 saturated carbocycles. The Bertz CT molecular complexity index is 736. The third-order valence-electron chi connectivity index (χ3n) is 5.36. The molecule has 1 aliphatic heterocycles. The minimum Gasteiger partial charge on any atom is -0.384 e. The molecule has 8 heteroatoms. The molecule has 1 amide bonds. The lowest BCUT2D eigenvalue weighted by Gasteiger charge is -2.32. The summed E-state index contributed by atoms with van der Waals surface area (Å²) < 4.78 is 1.79. The van der Waals surface area contributed by atoms with Gasteiger partial charge in [-0.1, -0.05) is 18.1 Å². The molecule has 2 atom stereocenters. The van der Waals surface area contributed by atoms with Crippen molar-refractivity contribution in [1.82, 2.24) is 20.3 Å². The van der Waals surface area contributed by atoms with Crippen molar-refractivity contribution < 1.29 is 9.90 Å². The molecule has 0 bridgehead atoms. The zero-order valence-corrected chi connectivity index (χ0v) is 16.1. The lowest BCUT2D eigenvalue weighted by molar-refractivity contribution is -0.122. The predicted octanol–water partition coefficient (Wildman–Crippen LogP) is 2.46. The van der Waals surface area contributed by atoms with Gasteiger partial charge in [0.25, 0.3) is 0 Å². The number of nitrogens with zero attached hydrogens (tertiary/aromatic N) is 5. The predicted molar refractivity (Wildman–Crippen MR) is 99.6 cm³/mol. The topological polar surface area (TPSA) is 105 Å². The molecule has 0 saturated heterocycles. The molecule has 1 aromatic rings. The van der Waals surface area contributed by atoms with Gasteiger partial charge in [-0.05, 0) is 26.7 Å². The van der Waals surface area contributed by atoms with Gasteiger partial charge in [0.1, 0.15) is 11.3 Å². The third-order valence-corrected chi connectivity index (χ3v) is 5.36. The van der Waals surface area contributed by atoms with Crippen LogP contribution in [0.3, 0.4) is 0 Å². The van der Waals surface area contributed by atoms with Crippen LogP contribution < -0.4 is 5.32 Å². The summed E-state index contributed by atoms with van der Waals surface area (Å²) in [5.74, 6) is 2.61. The van der Waals surface area contributed by atoms with E-state index in [0.29, 0.717) is 31.4 Å². The number of hydrogen-bond donors (Lipinski definition) is 2. The number of carbonyl (C=O) groups is 1. The number of terminal acetylenes is 1. The number of nitrogens with one attached hydrogen (secondary N) is 1. The van der Waals surface area contributed by atoms with E-state index in [2.05, 4.69) is 31.8 Å². The molecule has 1 fully saturated rings. The monoisotopic (exact) mass is 372 g/mol. The second-order valence-corrected chi connectivity index (χ2v) is 8.06. The maximum Gasteiger partial charge on any atom is 0.220 e. The van der Waals surface area contributed by atoms with Crippen LogP contribution in [0.4, 0.5) is 0 Å². The molecule has 2 heterocycles. The standard InChI is InChI=1S/C19H28N6O2/c1-4-5-11-19(22-23-19)12-10-17(26)20-14-8-6-7-9-15(14)25-13-16(21-24-25)18(2,3)27/h1,13-15,27H,5-12H2,2-3H3,(H,20,26)/t14-,15+/m0/s1. The summed E-state index contributed by atoms with van der Waals surface area (Å²) in [7, 11) is 0.